The largest absolute Gasteiger partial charge is 0.506 e. The molecule has 0 amide bonds. The maximum Gasteiger partial charge on any atom is 0.356 e. The molecule has 0 fully saturated rings. The average molecular weight is 236 g/mol. The molecule has 90 valence electrons. The van der Waals surface area contributed by atoms with Gasteiger partial charge in [-0.2, -0.15) is 0 Å². The van der Waals surface area contributed by atoms with Crippen molar-refractivity contribution in [3.05, 3.63) is 29.8 Å². The van der Waals surface area contributed by atoms with Gasteiger partial charge in [-0.15, -0.1) is 0 Å². The second-order valence-electron chi connectivity index (χ2n) is 3.54. The molecular formula is C11H12N2O4. The van der Waals surface area contributed by atoms with Crippen LogP contribution in [0.3, 0.4) is 0 Å². The zero-order chi connectivity index (χ0) is 12.4. The Kier molecular flexibility index (Phi) is 2.97. The van der Waals surface area contributed by atoms with Crippen molar-refractivity contribution in [3.8, 4) is 5.75 Å². The summed E-state index contributed by atoms with van der Waals surface area (Å²) < 4.78 is 6.50. The molecule has 2 heterocycles. The number of fused-ring (bicyclic) bond motifs is 1. The standard InChI is InChI=1S/C11H12N2O4/c1-17-6-4-8-12-9(11(15)16)10-7(14)3-2-5-13(8)10/h2-3,5,14H,4,6H2,1H3,(H,15,16). The summed E-state index contributed by atoms with van der Waals surface area (Å²) in [5.74, 6) is -0.705. The number of aromatic hydroxyl groups is 1. The van der Waals surface area contributed by atoms with Crippen LogP contribution in [0, 0.1) is 0 Å². The van der Waals surface area contributed by atoms with Crippen molar-refractivity contribution >= 4 is 11.5 Å². The number of carboxylic acid groups (broad SMARTS) is 1. The van der Waals surface area contributed by atoms with E-state index < -0.39 is 5.97 Å². The van der Waals surface area contributed by atoms with Gasteiger partial charge in [0.15, 0.2) is 5.69 Å². The fourth-order valence-electron chi connectivity index (χ4n) is 1.70. The van der Waals surface area contributed by atoms with Gasteiger partial charge in [0.2, 0.25) is 0 Å². The van der Waals surface area contributed by atoms with Gasteiger partial charge in [0.1, 0.15) is 17.1 Å². The Morgan fingerprint density at radius 3 is 3.00 bits per heavy atom. The van der Waals surface area contributed by atoms with Gasteiger partial charge >= 0.3 is 5.97 Å². The predicted octanol–water partition coefficient (Wildman–Crippen LogP) is 0.927. The summed E-state index contributed by atoms with van der Waals surface area (Å²) in [5.41, 5.74) is 0.0697. The van der Waals surface area contributed by atoms with E-state index in [-0.39, 0.29) is 17.0 Å². The van der Waals surface area contributed by atoms with E-state index in [1.807, 2.05) is 0 Å². The van der Waals surface area contributed by atoms with Gasteiger partial charge in [0.05, 0.1) is 6.61 Å². The quantitative estimate of drug-likeness (QED) is 0.824. The van der Waals surface area contributed by atoms with Crippen molar-refractivity contribution < 1.29 is 19.7 Å². The van der Waals surface area contributed by atoms with Crippen LogP contribution in [-0.2, 0) is 11.2 Å². The minimum absolute atomic E-state index is 0.0962. The van der Waals surface area contributed by atoms with Crippen LogP contribution in [0.1, 0.15) is 16.3 Å². The molecule has 17 heavy (non-hydrogen) atoms. The number of hydrogen-bond donors (Lipinski definition) is 2. The summed E-state index contributed by atoms with van der Waals surface area (Å²) in [5, 5.41) is 18.7. The lowest BCUT2D eigenvalue weighted by atomic mass is 10.3. The van der Waals surface area contributed by atoms with Crippen molar-refractivity contribution in [2.45, 2.75) is 6.42 Å². The molecule has 0 aliphatic carbocycles. The second kappa shape index (κ2) is 4.42. The van der Waals surface area contributed by atoms with Crippen molar-refractivity contribution in [3.63, 3.8) is 0 Å². The second-order valence-corrected chi connectivity index (χ2v) is 3.54. The van der Waals surface area contributed by atoms with E-state index in [2.05, 4.69) is 4.98 Å². The highest BCUT2D eigenvalue weighted by Gasteiger charge is 2.18. The van der Waals surface area contributed by atoms with Gasteiger partial charge in [0.25, 0.3) is 0 Å². The fraction of sp³-hybridized carbons (Fsp3) is 0.273. The molecule has 0 radical (unpaired) electrons. The molecule has 0 saturated carbocycles. The third-order valence-electron chi connectivity index (χ3n) is 2.45. The molecule has 0 aliphatic rings. The van der Waals surface area contributed by atoms with Crippen molar-refractivity contribution in [1.29, 1.82) is 0 Å². The Morgan fingerprint density at radius 2 is 2.35 bits per heavy atom. The van der Waals surface area contributed by atoms with Crippen LogP contribution in [0.2, 0.25) is 0 Å². The molecule has 0 aliphatic heterocycles. The Morgan fingerprint density at radius 1 is 1.59 bits per heavy atom. The van der Waals surface area contributed by atoms with Crippen molar-refractivity contribution in [2.24, 2.45) is 0 Å². The third-order valence-corrected chi connectivity index (χ3v) is 2.45. The number of carboxylic acids is 1. The Hall–Kier alpha value is -2.08. The molecule has 0 atom stereocenters. The molecule has 2 rings (SSSR count). The van der Waals surface area contributed by atoms with E-state index in [0.29, 0.717) is 18.9 Å². The first-order chi connectivity index (χ1) is 8.15. The maximum atomic E-state index is 11.0. The van der Waals surface area contributed by atoms with E-state index in [9.17, 15) is 9.90 Å². The average Bonchev–Trinajstić information content (AvgIpc) is 2.67. The molecule has 0 aromatic carbocycles. The number of aromatic nitrogens is 2. The van der Waals surface area contributed by atoms with E-state index >= 15 is 0 Å². The zero-order valence-corrected chi connectivity index (χ0v) is 9.25. The molecule has 0 bridgehead atoms. The lowest BCUT2D eigenvalue weighted by Gasteiger charge is -2.01. The first-order valence-electron chi connectivity index (χ1n) is 5.06. The van der Waals surface area contributed by atoms with Crippen LogP contribution in [0.5, 0.6) is 5.75 Å². The van der Waals surface area contributed by atoms with E-state index in [0.717, 1.165) is 0 Å². The number of imidazole rings is 1. The van der Waals surface area contributed by atoms with Gasteiger partial charge in [-0.25, -0.2) is 9.78 Å². The molecule has 6 nitrogen and oxygen atoms in total. The highest BCUT2D eigenvalue weighted by atomic mass is 16.5. The van der Waals surface area contributed by atoms with Gasteiger partial charge < -0.3 is 14.9 Å². The summed E-state index contributed by atoms with van der Waals surface area (Å²) in [6, 6.07) is 3.06. The van der Waals surface area contributed by atoms with Crippen LogP contribution in [0.15, 0.2) is 18.3 Å². The number of carbonyl (C=O) groups is 1. The van der Waals surface area contributed by atoms with Crippen molar-refractivity contribution in [1.82, 2.24) is 9.38 Å². The summed E-state index contributed by atoms with van der Waals surface area (Å²) in [4.78, 5) is 15.0. The zero-order valence-electron chi connectivity index (χ0n) is 9.25. The highest BCUT2D eigenvalue weighted by Crippen LogP contribution is 2.23. The number of rotatable bonds is 4. The van der Waals surface area contributed by atoms with E-state index in [4.69, 9.17) is 9.84 Å². The summed E-state index contributed by atoms with van der Waals surface area (Å²) in [7, 11) is 1.56. The van der Waals surface area contributed by atoms with Crippen LogP contribution < -0.4 is 0 Å². The minimum atomic E-state index is -1.16. The molecule has 0 spiro atoms. The predicted molar refractivity (Wildman–Crippen MR) is 59.4 cm³/mol. The normalized spacial score (nSPS) is 10.9. The van der Waals surface area contributed by atoms with E-state index in [1.54, 1.807) is 23.8 Å². The lowest BCUT2D eigenvalue weighted by molar-refractivity contribution is 0.0692. The maximum absolute atomic E-state index is 11.0. The molecule has 2 aromatic heterocycles. The molecule has 2 aromatic rings. The molecule has 6 heteroatoms. The molecule has 2 N–H and O–H groups in total. The van der Waals surface area contributed by atoms with Crippen LogP contribution in [-0.4, -0.2) is 39.3 Å². The molecule has 0 saturated heterocycles. The van der Waals surface area contributed by atoms with Crippen LogP contribution in [0.25, 0.3) is 5.52 Å². The highest BCUT2D eigenvalue weighted by molar-refractivity contribution is 5.95. The van der Waals surface area contributed by atoms with Gasteiger partial charge in [0, 0.05) is 19.7 Å². The topological polar surface area (TPSA) is 84.1 Å². The number of nitrogens with zero attached hydrogens (tertiary/aromatic N) is 2. The number of hydrogen-bond acceptors (Lipinski definition) is 4. The Balaban J connectivity index is 2.62. The monoisotopic (exact) mass is 236 g/mol. The minimum Gasteiger partial charge on any atom is -0.506 e. The van der Waals surface area contributed by atoms with Gasteiger partial charge in [-0.3, -0.25) is 4.40 Å². The number of methoxy groups -OCH3 is 1. The SMILES string of the molecule is COCCc1nc(C(=O)O)c2c(O)cccn12. The smallest absolute Gasteiger partial charge is 0.356 e. The van der Waals surface area contributed by atoms with Gasteiger partial charge in [-0.05, 0) is 12.1 Å². The first-order valence-corrected chi connectivity index (χ1v) is 5.06. The van der Waals surface area contributed by atoms with Crippen LogP contribution >= 0.6 is 0 Å². The van der Waals surface area contributed by atoms with Gasteiger partial charge in [-0.1, -0.05) is 0 Å². The number of ether oxygens (including phenoxy) is 1. The lowest BCUT2D eigenvalue weighted by Crippen LogP contribution is -2.00. The van der Waals surface area contributed by atoms with E-state index in [1.165, 1.54) is 6.07 Å². The number of pyridine rings is 1. The van der Waals surface area contributed by atoms with Crippen LogP contribution in [0.4, 0.5) is 0 Å². The summed E-state index contributed by atoms with van der Waals surface area (Å²) in [6.45, 7) is 0.438. The molecular weight excluding hydrogens is 224 g/mol. The molecule has 0 unspecified atom stereocenters. The third kappa shape index (κ3) is 1.94. The number of aromatic carboxylic acids is 1. The van der Waals surface area contributed by atoms with Crippen molar-refractivity contribution in [2.75, 3.05) is 13.7 Å². The Bertz CT molecular complexity index is 562. The fourth-order valence-corrected chi connectivity index (χ4v) is 1.70. The summed E-state index contributed by atoms with van der Waals surface area (Å²) in [6.07, 6.45) is 2.15. The Labute approximate surface area is 97.1 Å². The summed E-state index contributed by atoms with van der Waals surface area (Å²) >= 11 is 0. The first kappa shape index (κ1) is 11.4.